The predicted molar refractivity (Wildman–Crippen MR) is 226 cm³/mol. The Morgan fingerprint density at radius 3 is 1.58 bits per heavy atom. The third-order valence-electron chi connectivity index (χ3n) is 10.1. The second kappa shape index (κ2) is 11.8. The van der Waals surface area contributed by atoms with Gasteiger partial charge in [-0.2, -0.15) is 0 Å². The van der Waals surface area contributed by atoms with Crippen molar-refractivity contribution in [3.05, 3.63) is 120 Å². The summed E-state index contributed by atoms with van der Waals surface area (Å²) in [6, 6.07) is 30.8. The molecule has 212 valence electrons. The molecule has 16 radical (unpaired) electrons. The molecule has 8 rings (SSSR count). The Kier molecular flexibility index (Phi) is 7.64. The van der Waals surface area contributed by atoms with Crippen LogP contribution in [-0.4, -0.2) is 62.8 Å². The molecule has 0 atom stereocenters. The van der Waals surface area contributed by atoms with Crippen LogP contribution in [0, 0.1) is 0 Å². The van der Waals surface area contributed by atoms with Crippen LogP contribution in [0.15, 0.2) is 104 Å². The zero-order chi connectivity index (χ0) is 35.2. The molecule has 8 aromatic carbocycles. The number of allylic oxidation sites excluding steroid dienone is 1. The van der Waals surface area contributed by atoms with E-state index in [0.29, 0.717) is 38.2 Å². The molecule has 8 heteroatoms. The van der Waals surface area contributed by atoms with Crippen LogP contribution in [-0.2, 0) is 0 Å². The van der Waals surface area contributed by atoms with Gasteiger partial charge in [-0.15, -0.1) is 21.9 Å². The van der Waals surface area contributed by atoms with E-state index in [9.17, 15) is 0 Å². The molecule has 8 aromatic rings. The molecule has 50 heavy (non-hydrogen) atoms. The first-order valence-corrected chi connectivity index (χ1v) is 16.1. The van der Waals surface area contributed by atoms with Crippen molar-refractivity contribution in [1.29, 1.82) is 0 Å². The molecule has 0 unspecified atom stereocenters. The molecule has 0 nitrogen and oxygen atoms in total. The predicted octanol–water partition coefficient (Wildman–Crippen LogP) is 0.265. The fourth-order valence-electron chi connectivity index (χ4n) is 7.61. The molecular formula is C42H20B8. The van der Waals surface area contributed by atoms with Gasteiger partial charge >= 0.3 is 0 Å². The van der Waals surface area contributed by atoms with Crippen LogP contribution in [0.3, 0.4) is 0 Å². The highest BCUT2D eigenvalue weighted by Gasteiger charge is 2.26. The summed E-state index contributed by atoms with van der Waals surface area (Å²) in [6.07, 6.45) is 1.73. The van der Waals surface area contributed by atoms with Gasteiger partial charge in [-0.3, -0.25) is 0 Å². The maximum absolute atomic E-state index is 7.01. The lowest BCUT2D eigenvalue weighted by Crippen LogP contribution is -2.50. The van der Waals surface area contributed by atoms with E-state index in [4.69, 9.17) is 62.8 Å². The van der Waals surface area contributed by atoms with Gasteiger partial charge in [-0.25, -0.2) is 0 Å². The summed E-state index contributed by atoms with van der Waals surface area (Å²) in [4.78, 5) is 0. The molecule has 0 fully saturated rings. The minimum Gasteiger partial charge on any atom is -0.110 e. The van der Waals surface area contributed by atoms with E-state index in [1.807, 2.05) is 48.5 Å². The summed E-state index contributed by atoms with van der Waals surface area (Å²) in [5, 5.41) is 10.2. The Hall–Kier alpha value is -4.94. The normalized spacial score (nSPS) is 12.3. The lowest BCUT2D eigenvalue weighted by Gasteiger charge is -2.29. The quantitative estimate of drug-likeness (QED) is 0.153. The second-order valence-electron chi connectivity index (χ2n) is 12.7. The number of hydrogen-bond donors (Lipinski definition) is 0. The van der Waals surface area contributed by atoms with Crippen molar-refractivity contribution in [1.82, 2.24) is 0 Å². The summed E-state index contributed by atoms with van der Waals surface area (Å²) >= 11 is 0. The molecule has 0 saturated heterocycles. The second-order valence-corrected chi connectivity index (χ2v) is 12.7. The lowest BCUT2D eigenvalue weighted by atomic mass is 9.59. The van der Waals surface area contributed by atoms with E-state index in [1.54, 1.807) is 6.08 Å². The molecule has 0 N–H and O–H groups in total. The first kappa shape index (κ1) is 32.3. The highest BCUT2D eigenvalue weighted by molar-refractivity contribution is 6.70. The molecule has 0 spiro atoms. The van der Waals surface area contributed by atoms with Gasteiger partial charge in [0.15, 0.2) is 0 Å². The van der Waals surface area contributed by atoms with Crippen molar-refractivity contribution in [2.45, 2.75) is 0 Å². The number of rotatable bonds is 3. The summed E-state index contributed by atoms with van der Waals surface area (Å²) < 4.78 is 0. The summed E-state index contributed by atoms with van der Waals surface area (Å²) in [6.45, 7) is 8.50. The van der Waals surface area contributed by atoms with E-state index in [2.05, 4.69) is 55.6 Å². The Balaban J connectivity index is 1.70. The van der Waals surface area contributed by atoms with Crippen molar-refractivity contribution in [2.75, 3.05) is 0 Å². The molecule has 0 saturated carbocycles. The van der Waals surface area contributed by atoms with Crippen molar-refractivity contribution in [3.8, 4) is 11.1 Å². The van der Waals surface area contributed by atoms with Crippen LogP contribution < -0.4 is 54.1 Å². The van der Waals surface area contributed by atoms with Gasteiger partial charge in [-0.05, 0) is 98.7 Å². The van der Waals surface area contributed by atoms with Gasteiger partial charge in [0, 0.05) is 0 Å². The summed E-state index contributed by atoms with van der Waals surface area (Å²) in [5.74, 6) is 0. The fourth-order valence-corrected chi connectivity index (χ4v) is 7.61. The third-order valence-corrected chi connectivity index (χ3v) is 10.1. The Bertz CT molecular complexity index is 2860. The molecule has 0 aliphatic heterocycles. The molecular weight excluding hydrogens is 591 g/mol. The van der Waals surface area contributed by atoms with Gasteiger partial charge < -0.3 is 0 Å². The maximum Gasteiger partial charge on any atom is 0.113 e. The largest absolute Gasteiger partial charge is 0.113 e. The Labute approximate surface area is 302 Å². The van der Waals surface area contributed by atoms with Crippen LogP contribution in [0.2, 0.25) is 0 Å². The number of fused-ring (bicyclic) bond motifs is 6. The van der Waals surface area contributed by atoms with Crippen LogP contribution >= 0.6 is 0 Å². The maximum atomic E-state index is 7.01. The zero-order valence-corrected chi connectivity index (χ0v) is 27.3. The van der Waals surface area contributed by atoms with Gasteiger partial charge in [-0.1, -0.05) is 120 Å². The monoisotopic (exact) mass is 612 g/mol. The van der Waals surface area contributed by atoms with Crippen molar-refractivity contribution in [2.24, 2.45) is 0 Å². The molecule has 0 aromatic heterocycles. The van der Waals surface area contributed by atoms with E-state index in [1.165, 1.54) is 0 Å². The van der Waals surface area contributed by atoms with E-state index in [0.717, 1.165) is 48.3 Å². The molecule has 0 bridgehead atoms. The summed E-state index contributed by atoms with van der Waals surface area (Å²) in [7, 11) is 54.4. The van der Waals surface area contributed by atoms with Gasteiger partial charge in [0.1, 0.15) is 62.8 Å². The third kappa shape index (κ3) is 4.50. The first-order valence-electron chi connectivity index (χ1n) is 16.1. The van der Waals surface area contributed by atoms with Crippen molar-refractivity contribution in [3.63, 3.8) is 0 Å². The number of benzene rings is 8. The van der Waals surface area contributed by atoms with E-state index in [-0.39, 0.29) is 43.7 Å². The van der Waals surface area contributed by atoms with Crippen LogP contribution in [0.25, 0.3) is 77.1 Å². The van der Waals surface area contributed by atoms with Crippen molar-refractivity contribution < 1.29 is 0 Å². The van der Waals surface area contributed by atoms with Crippen LogP contribution in [0.5, 0.6) is 0 Å². The van der Waals surface area contributed by atoms with Gasteiger partial charge in [0.05, 0.1) is 0 Å². The average molecular weight is 611 g/mol. The van der Waals surface area contributed by atoms with Crippen LogP contribution in [0.1, 0.15) is 5.56 Å². The smallest absolute Gasteiger partial charge is 0.110 e. The minimum absolute atomic E-state index is 0.152. The molecule has 0 aliphatic rings. The molecule has 0 heterocycles. The SMILES string of the molecule is [B]c1c([B])c([B])c2c(-c3cccc4c3ccc3cc5ccccc5cc34)c3c([B])c([B])c([B])c([B])c3c(/C(C=C)=c3\ccccc3=C)c2c1[B]. The van der Waals surface area contributed by atoms with Gasteiger partial charge in [0.25, 0.3) is 0 Å². The first-order chi connectivity index (χ1) is 24.0. The topological polar surface area (TPSA) is 0 Å². The Morgan fingerprint density at radius 1 is 0.460 bits per heavy atom. The molecule has 0 amide bonds. The van der Waals surface area contributed by atoms with Crippen LogP contribution in [0.4, 0.5) is 0 Å². The molecule has 0 aliphatic carbocycles. The zero-order valence-electron chi connectivity index (χ0n) is 27.3. The fraction of sp³-hybridized carbons (Fsp3) is 0. The van der Waals surface area contributed by atoms with E-state index >= 15 is 0 Å². The van der Waals surface area contributed by atoms with Crippen molar-refractivity contribution >= 4 is 172 Å². The number of hydrogen-bond acceptors (Lipinski definition) is 0. The minimum atomic E-state index is 0.152. The standard InChI is InChI=1S/C42H20B8/c1-3-23(24-12-7-4-9-19(24)2)29-31-33(37(45)41(49)39(47)35(31)43)30(34-32(29)36(44)40(48)42(50)38(34)46)27-14-8-13-25-26(27)16-15-22-17-20-10-5-6-11-21(20)18-28(22)25/h3-18H,1-2H2/b24-23+. The lowest BCUT2D eigenvalue weighted by molar-refractivity contribution is 1.50. The Morgan fingerprint density at radius 2 is 1.00 bits per heavy atom. The highest BCUT2D eigenvalue weighted by atomic mass is 14.3. The van der Waals surface area contributed by atoms with E-state index < -0.39 is 0 Å². The van der Waals surface area contributed by atoms with Gasteiger partial charge in [0.2, 0.25) is 0 Å². The average Bonchev–Trinajstić information content (AvgIpc) is 3.13. The highest BCUT2D eigenvalue weighted by Crippen LogP contribution is 2.42. The summed E-state index contributed by atoms with van der Waals surface area (Å²) in [5.41, 5.74) is 4.32.